The Hall–Kier alpha value is -1.35. The average molecular weight is 235 g/mol. The number of hydrogen-bond acceptors (Lipinski definition) is 2. The van der Waals surface area contributed by atoms with Crippen LogP contribution in [0.4, 0.5) is 4.39 Å². The van der Waals surface area contributed by atoms with Crippen molar-refractivity contribution < 1.29 is 9.13 Å². The predicted octanol–water partition coefficient (Wildman–Crippen LogP) is 2.81. The maximum absolute atomic E-state index is 13.4. The first kappa shape index (κ1) is 12.1. The van der Waals surface area contributed by atoms with Crippen molar-refractivity contribution in [1.82, 2.24) is 0 Å². The topological polar surface area (TPSA) is 35.2 Å². The van der Waals surface area contributed by atoms with E-state index in [1.165, 1.54) is 12.1 Å². The number of halogens is 1. The summed E-state index contributed by atoms with van der Waals surface area (Å²) in [6, 6.07) is 4.82. The van der Waals surface area contributed by atoms with Gasteiger partial charge in [0.15, 0.2) is 0 Å². The molecule has 2 N–H and O–H groups in total. The van der Waals surface area contributed by atoms with E-state index in [2.05, 4.69) is 12.2 Å². The first-order valence-corrected chi connectivity index (χ1v) is 6.11. The van der Waals surface area contributed by atoms with E-state index in [4.69, 9.17) is 10.5 Å². The number of rotatable bonds is 4. The average Bonchev–Trinajstić information content (AvgIpc) is 2.30. The molecule has 1 aliphatic rings. The lowest BCUT2D eigenvalue weighted by Crippen LogP contribution is -2.16. The summed E-state index contributed by atoms with van der Waals surface area (Å²) in [5.74, 6) is 0.343. The standard InChI is InChI=1S/C14H18FNO/c15-12-8-11(6-7-16)9-14(10-12)17-13-4-2-1-3-5-13/h2,4,8-10,13H,1,3,5-7,16H2. The van der Waals surface area contributed by atoms with E-state index in [0.717, 1.165) is 24.8 Å². The van der Waals surface area contributed by atoms with Crippen LogP contribution in [0.2, 0.25) is 0 Å². The van der Waals surface area contributed by atoms with Crippen LogP contribution in [0.3, 0.4) is 0 Å². The first-order valence-electron chi connectivity index (χ1n) is 6.11. The van der Waals surface area contributed by atoms with Gasteiger partial charge in [0.25, 0.3) is 0 Å². The normalized spacial score (nSPS) is 19.3. The number of ether oxygens (including phenoxy) is 1. The van der Waals surface area contributed by atoms with Gasteiger partial charge in [-0.3, -0.25) is 0 Å². The maximum Gasteiger partial charge on any atom is 0.127 e. The summed E-state index contributed by atoms with van der Waals surface area (Å²) in [4.78, 5) is 0. The van der Waals surface area contributed by atoms with Gasteiger partial charge in [-0.2, -0.15) is 0 Å². The second kappa shape index (κ2) is 5.82. The van der Waals surface area contributed by atoms with Crippen molar-refractivity contribution in [2.24, 2.45) is 5.73 Å². The van der Waals surface area contributed by atoms with E-state index in [0.29, 0.717) is 18.7 Å². The molecule has 0 saturated heterocycles. The van der Waals surface area contributed by atoms with Crippen LogP contribution in [0.15, 0.2) is 30.4 Å². The van der Waals surface area contributed by atoms with Crippen LogP contribution in [-0.4, -0.2) is 12.6 Å². The molecule has 0 radical (unpaired) electrons. The minimum Gasteiger partial charge on any atom is -0.486 e. The van der Waals surface area contributed by atoms with Crippen molar-refractivity contribution in [2.45, 2.75) is 31.8 Å². The van der Waals surface area contributed by atoms with Crippen molar-refractivity contribution in [3.05, 3.63) is 41.7 Å². The number of benzene rings is 1. The fraction of sp³-hybridized carbons (Fsp3) is 0.429. The highest BCUT2D eigenvalue weighted by Gasteiger charge is 2.11. The fourth-order valence-corrected chi connectivity index (χ4v) is 2.05. The van der Waals surface area contributed by atoms with Gasteiger partial charge in [-0.05, 0) is 56.0 Å². The molecule has 0 aromatic heterocycles. The molecule has 1 aromatic rings. The number of nitrogens with two attached hydrogens (primary N) is 1. The molecule has 0 aliphatic heterocycles. The van der Waals surface area contributed by atoms with E-state index < -0.39 is 0 Å². The molecule has 0 fully saturated rings. The molecule has 0 saturated carbocycles. The van der Waals surface area contributed by atoms with Crippen LogP contribution >= 0.6 is 0 Å². The highest BCUT2D eigenvalue weighted by Crippen LogP contribution is 2.21. The van der Waals surface area contributed by atoms with Crippen molar-refractivity contribution in [1.29, 1.82) is 0 Å². The molecule has 1 unspecified atom stereocenters. The van der Waals surface area contributed by atoms with Gasteiger partial charge in [-0.15, -0.1) is 0 Å². The van der Waals surface area contributed by atoms with Crippen molar-refractivity contribution in [2.75, 3.05) is 6.54 Å². The van der Waals surface area contributed by atoms with Gasteiger partial charge in [0.1, 0.15) is 17.7 Å². The van der Waals surface area contributed by atoms with Gasteiger partial charge >= 0.3 is 0 Å². The Kier molecular flexibility index (Phi) is 4.15. The van der Waals surface area contributed by atoms with E-state index in [1.807, 2.05) is 6.07 Å². The summed E-state index contributed by atoms with van der Waals surface area (Å²) in [7, 11) is 0. The van der Waals surface area contributed by atoms with Gasteiger partial charge in [0, 0.05) is 6.07 Å². The molecule has 2 nitrogen and oxygen atoms in total. The van der Waals surface area contributed by atoms with Gasteiger partial charge in [-0.25, -0.2) is 4.39 Å². The molecular weight excluding hydrogens is 217 g/mol. The van der Waals surface area contributed by atoms with Crippen molar-refractivity contribution in [3.8, 4) is 5.75 Å². The van der Waals surface area contributed by atoms with Crippen molar-refractivity contribution in [3.63, 3.8) is 0 Å². The zero-order valence-corrected chi connectivity index (χ0v) is 9.86. The van der Waals surface area contributed by atoms with Gasteiger partial charge in [0.2, 0.25) is 0 Å². The summed E-state index contributed by atoms with van der Waals surface area (Å²) >= 11 is 0. The van der Waals surface area contributed by atoms with E-state index in [9.17, 15) is 4.39 Å². The molecule has 0 bridgehead atoms. The number of hydrogen-bond donors (Lipinski definition) is 1. The Labute approximate surface area is 101 Å². The monoisotopic (exact) mass is 235 g/mol. The highest BCUT2D eigenvalue weighted by molar-refractivity contribution is 5.30. The molecule has 92 valence electrons. The summed E-state index contributed by atoms with van der Waals surface area (Å²) in [5.41, 5.74) is 6.36. The lowest BCUT2D eigenvalue weighted by atomic mass is 10.1. The fourth-order valence-electron chi connectivity index (χ4n) is 2.05. The zero-order chi connectivity index (χ0) is 12.1. The van der Waals surface area contributed by atoms with Crippen LogP contribution in [0.1, 0.15) is 24.8 Å². The third-order valence-electron chi connectivity index (χ3n) is 2.86. The third kappa shape index (κ3) is 3.56. The van der Waals surface area contributed by atoms with Crippen LogP contribution in [0.5, 0.6) is 5.75 Å². The van der Waals surface area contributed by atoms with Crippen LogP contribution in [0.25, 0.3) is 0 Å². The maximum atomic E-state index is 13.4. The molecule has 0 amide bonds. The van der Waals surface area contributed by atoms with Gasteiger partial charge in [-0.1, -0.05) is 6.08 Å². The van der Waals surface area contributed by atoms with E-state index in [1.54, 1.807) is 0 Å². The summed E-state index contributed by atoms with van der Waals surface area (Å²) in [6.07, 6.45) is 8.17. The summed E-state index contributed by atoms with van der Waals surface area (Å²) in [5, 5.41) is 0. The second-order valence-electron chi connectivity index (χ2n) is 4.35. The molecule has 0 spiro atoms. The Bertz CT molecular complexity index is 403. The summed E-state index contributed by atoms with van der Waals surface area (Å²) < 4.78 is 19.1. The molecule has 1 atom stereocenters. The van der Waals surface area contributed by atoms with E-state index >= 15 is 0 Å². The highest BCUT2D eigenvalue weighted by atomic mass is 19.1. The first-order chi connectivity index (χ1) is 8.28. The largest absolute Gasteiger partial charge is 0.486 e. The smallest absolute Gasteiger partial charge is 0.127 e. The molecule has 0 heterocycles. The molecule has 2 rings (SSSR count). The van der Waals surface area contributed by atoms with Crippen LogP contribution in [-0.2, 0) is 6.42 Å². The Morgan fingerprint density at radius 3 is 2.94 bits per heavy atom. The van der Waals surface area contributed by atoms with Crippen LogP contribution < -0.4 is 10.5 Å². The Morgan fingerprint density at radius 2 is 2.24 bits per heavy atom. The SMILES string of the molecule is NCCc1cc(F)cc(OC2C=CCCC2)c1. The van der Waals surface area contributed by atoms with Gasteiger partial charge in [0.05, 0.1) is 0 Å². The second-order valence-corrected chi connectivity index (χ2v) is 4.35. The quantitative estimate of drug-likeness (QED) is 0.814. The third-order valence-corrected chi connectivity index (χ3v) is 2.86. The Balaban J connectivity index is 2.08. The van der Waals surface area contributed by atoms with Gasteiger partial charge < -0.3 is 10.5 Å². The molecule has 1 aromatic carbocycles. The summed E-state index contributed by atoms with van der Waals surface area (Å²) in [6.45, 7) is 0.520. The minimum atomic E-state index is -0.259. The molecular formula is C14H18FNO. The minimum absolute atomic E-state index is 0.0799. The lowest BCUT2D eigenvalue weighted by molar-refractivity contribution is 0.229. The zero-order valence-electron chi connectivity index (χ0n) is 9.86. The van der Waals surface area contributed by atoms with E-state index in [-0.39, 0.29) is 11.9 Å². The molecule has 1 aliphatic carbocycles. The molecule has 17 heavy (non-hydrogen) atoms. The Morgan fingerprint density at radius 1 is 1.35 bits per heavy atom. The molecule has 3 heteroatoms. The predicted molar refractivity (Wildman–Crippen MR) is 66.6 cm³/mol. The number of allylic oxidation sites excluding steroid dienone is 1. The lowest BCUT2D eigenvalue weighted by Gasteiger charge is -2.19. The van der Waals surface area contributed by atoms with Crippen LogP contribution in [0, 0.1) is 5.82 Å². The van der Waals surface area contributed by atoms with Crippen molar-refractivity contribution >= 4 is 0 Å².